The van der Waals surface area contributed by atoms with Crippen LogP contribution in [0.2, 0.25) is 0 Å². The van der Waals surface area contributed by atoms with Crippen molar-refractivity contribution in [3.63, 3.8) is 0 Å². The van der Waals surface area contributed by atoms with Gasteiger partial charge in [-0.3, -0.25) is 9.69 Å². The Morgan fingerprint density at radius 2 is 1.79 bits per heavy atom. The highest BCUT2D eigenvalue weighted by Gasteiger charge is 2.55. The number of hydrogen-bond donors (Lipinski definition) is 1. The molecule has 4 rings (SSSR count). The van der Waals surface area contributed by atoms with Gasteiger partial charge in [0.15, 0.2) is 0 Å². The molecule has 6 heteroatoms. The molecule has 3 aliphatic rings. The fraction of sp³-hybridized carbons (Fsp3) is 0.704. The van der Waals surface area contributed by atoms with E-state index in [0.717, 1.165) is 38.8 Å². The van der Waals surface area contributed by atoms with Crippen LogP contribution < -0.4 is 5.73 Å². The molecule has 1 aliphatic heterocycles. The van der Waals surface area contributed by atoms with E-state index in [1.54, 1.807) is 0 Å². The summed E-state index contributed by atoms with van der Waals surface area (Å²) in [4.78, 5) is 32.3. The molecule has 0 atom stereocenters. The van der Waals surface area contributed by atoms with Crippen LogP contribution in [0.5, 0.6) is 0 Å². The monoisotopic (exact) mass is 454 g/mol. The smallest absolute Gasteiger partial charge is 0.320 e. The van der Waals surface area contributed by atoms with E-state index in [-0.39, 0.29) is 23.0 Å². The number of primary amides is 1. The Bertz CT molecular complexity index is 856. The highest BCUT2D eigenvalue weighted by atomic mass is 16.2. The number of carbonyl (C=O) groups excluding carboxylic acids is 2. The maximum Gasteiger partial charge on any atom is 0.320 e. The molecule has 2 N–H and O–H groups in total. The average Bonchev–Trinajstić information content (AvgIpc) is 3.01. The maximum absolute atomic E-state index is 13.7. The lowest BCUT2D eigenvalue weighted by atomic mass is 9.67. The Morgan fingerprint density at radius 1 is 1.15 bits per heavy atom. The molecular formula is C27H42N4O2. The fourth-order valence-electron chi connectivity index (χ4n) is 6.26. The summed E-state index contributed by atoms with van der Waals surface area (Å²) in [7, 11) is 2.23. The van der Waals surface area contributed by atoms with Crippen molar-refractivity contribution in [2.45, 2.75) is 76.8 Å². The average molecular weight is 455 g/mol. The Balaban J connectivity index is 1.61. The Labute approximate surface area is 199 Å². The number of hydrogen-bond acceptors (Lipinski definition) is 3. The first kappa shape index (κ1) is 24.1. The molecule has 0 unspecified atom stereocenters. The van der Waals surface area contributed by atoms with Crippen molar-refractivity contribution in [1.82, 2.24) is 14.7 Å². The summed E-state index contributed by atoms with van der Waals surface area (Å²) in [6.07, 6.45) is 7.75. The summed E-state index contributed by atoms with van der Waals surface area (Å²) >= 11 is 0. The van der Waals surface area contributed by atoms with E-state index in [1.165, 1.54) is 24.8 Å². The van der Waals surface area contributed by atoms with E-state index >= 15 is 0 Å². The first-order valence-electron chi connectivity index (χ1n) is 12.8. The van der Waals surface area contributed by atoms with Gasteiger partial charge in [0.25, 0.3) is 0 Å². The molecule has 0 aromatic heterocycles. The van der Waals surface area contributed by atoms with Gasteiger partial charge in [-0.05, 0) is 77.4 Å². The summed E-state index contributed by atoms with van der Waals surface area (Å²) < 4.78 is 0. The third kappa shape index (κ3) is 4.27. The first-order valence-corrected chi connectivity index (χ1v) is 12.8. The van der Waals surface area contributed by atoms with Gasteiger partial charge in [-0.15, -0.1) is 0 Å². The van der Waals surface area contributed by atoms with Gasteiger partial charge in [-0.2, -0.15) is 0 Å². The van der Waals surface area contributed by atoms with Gasteiger partial charge in [0.1, 0.15) is 0 Å². The lowest BCUT2D eigenvalue weighted by Crippen LogP contribution is -2.57. The number of nitrogens with zero attached hydrogens (tertiary/aromatic N) is 3. The number of carbonyl (C=O) groups is 2. The summed E-state index contributed by atoms with van der Waals surface area (Å²) in [5, 5.41) is 0. The highest BCUT2D eigenvalue weighted by molar-refractivity contribution is 5.83. The molecule has 0 radical (unpaired) electrons. The zero-order valence-corrected chi connectivity index (χ0v) is 21.0. The van der Waals surface area contributed by atoms with E-state index in [1.807, 2.05) is 18.7 Å². The molecule has 2 saturated carbocycles. The van der Waals surface area contributed by atoms with Gasteiger partial charge in [-0.1, -0.05) is 43.7 Å². The lowest BCUT2D eigenvalue weighted by Gasteiger charge is -2.52. The lowest BCUT2D eigenvalue weighted by molar-refractivity contribution is -0.126. The third-order valence-electron chi connectivity index (χ3n) is 9.00. The van der Waals surface area contributed by atoms with Crippen LogP contribution in [0.15, 0.2) is 30.3 Å². The second-order valence-electron chi connectivity index (χ2n) is 11.4. The zero-order valence-electron chi connectivity index (χ0n) is 21.0. The van der Waals surface area contributed by atoms with Crippen molar-refractivity contribution in [2.24, 2.45) is 17.1 Å². The third-order valence-corrected chi connectivity index (χ3v) is 9.00. The number of benzene rings is 1. The van der Waals surface area contributed by atoms with Gasteiger partial charge in [0.2, 0.25) is 5.91 Å². The molecule has 6 nitrogen and oxygen atoms in total. The van der Waals surface area contributed by atoms with E-state index in [2.05, 4.69) is 54.1 Å². The number of urea groups is 1. The normalized spacial score (nSPS) is 28.6. The summed E-state index contributed by atoms with van der Waals surface area (Å²) in [5.74, 6) is 0.271. The zero-order chi connectivity index (χ0) is 23.9. The minimum atomic E-state index is -0.728. The van der Waals surface area contributed by atoms with Crippen LogP contribution in [-0.2, 0) is 10.3 Å². The Kier molecular flexibility index (Phi) is 6.51. The predicted octanol–water partition coefficient (Wildman–Crippen LogP) is 4.20. The maximum atomic E-state index is 13.7. The molecule has 3 fully saturated rings. The summed E-state index contributed by atoms with van der Waals surface area (Å²) in [6, 6.07) is 11.0. The number of rotatable bonds is 8. The molecule has 1 aromatic rings. The van der Waals surface area contributed by atoms with Gasteiger partial charge in [0.05, 0.1) is 11.0 Å². The van der Waals surface area contributed by atoms with E-state index in [4.69, 9.17) is 5.73 Å². The molecule has 3 amide bonds. The molecule has 1 heterocycles. The van der Waals surface area contributed by atoms with E-state index in [9.17, 15) is 9.59 Å². The van der Waals surface area contributed by atoms with Crippen molar-refractivity contribution >= 4 is 11.9 Å². The van der Waals surface area contributed by atoms with Crippen LogP contribution in [0.1, 0.15) is 71.3 Å². The standard InChI is InChI=1S/C27H42N4O2/c1-5-29(4)27(22-12-7-6-8-13-22)16-14-26(15-17-27)20-30(19-25(2,3)23(28)32)24(33)31(26)18-21-10-9-11-21/h6-8,12-13,21H,5,9-11,14-20H2,1-4H3,(H2,28,32)/t26-,27+. The number of nitrogens with two attached hydrogens (primary N) is 1. The minimum Gasteiger partial charge on any atom is -0.369 e. The van der Waals surface area contributed by atoms with E-state index < -0.39 is 5.41 Å². The fourth-order valence-corrected chi connectivity index (χ4v) is 6.26. The quantitative estimate of drug-likeness (QED) is 0.640. The van der Waals surface area contributed by atoms with Crippen molar-refractivity contribution in [3.05, 3.63) is 35.9 Å². The SMILES string of the molecule is CCN(C)[C@]1(c2ccccc2)CC[C@]2(CC1)CN(CC(C)(C)C(N)=O)C(=O)N2CC1CCC1. The van der Waals surface area contributed by atoms with Crippen LogP contribution in [0.4, 0.5) is 4.79 Å². The highest BCUT2D eigenvalue weighted by Crippen LogP contribution is 2.50. The predicted molar refractivity (Wildman–Crippen MR) is 132 cm³/mol. The van der Waals surface area contributed by atoms with Crippen molar-refractivity contribution in [1.29, 1.82) is 0 Å². The van der Waals surface area contributed by atoms with Crippen molar-refractivity contribution in [2.75, 3.05) is 33.2 Å². The van der Waals surface area contributed by atoms with Gasteiger partial charge in [0, 0.05) is 25.2 Å². The molecular weight excluding hydrogens is 412 g/mol. The van der Waals surface area contributed by atoms with Crippen molar-refractivity contribution in [3.8, 4) is 0 Å². The van der Waals surface area contributed by atoms with E-state index in [0.29, 0.717) is 19.0 Å². The summed E-state index contributed by atoms with van der Waals surface area (Å²) in [6.45, 7) is 8.87. The van der Waals surface area contributed by atoms with Crippen molar-refractivity contribution < 1.29 is 9.59 Å². The second-order valence-corrected chi connectivity index (χ2v) is 11.4. The summed E-state index contributed by atoms with van der Waals surface area (Å²) in [5.41, 5.74) is 6.18. The molecule has 1 saturated heterocycles. The molecule has 1 spiro atoms. The molecule has 182 valence electrons. The number of amides is 3. The minimum absolute atomic E-state index is 0.00631. The van der Waals surface area contributed by atoms with Crippen LogP contribution in [0.25, 0.3) is 0 Å². The topological polar surface area (TPSA) is 69.9 Å². The molecule has 2 aliphatic carbocycles. The van der Waals surface area contributed by atoms with Crippen LogP contribution in [-0.4, -0.2) is 65.4 Å². The van der Waals surface area contributed by atoms with Gasteiger partial charge >= 0.3 is 6.03 Å². The van der Waals surface area contributed by atoms with Crippen LogP contribution in [0, 0.1) is 11.3 Å². The first-order chi connectivity index (χ1) is 15.6. The van der Waals surface area contributed by atoms with Gasteiger partial charge in [-0.25, -0.2) is 4.79 Å². The Hall–Kier alpha value is -2.08. The molecule has 0 bridgehead atoms. The molecule has 33 heavy (non-hydrogen) atoms. The van der Waals surface area contributed by atoms with Crippen LogP contribution in [0.3, 0.4) is 0 Å². The van der Waals surface area contributed by atoms with Gasteiger partial charge < -0.3 is 15.5 Å². The van der Waals surface area contributed by atoms with Crippen LogP contribution >= 0.6 is 0 Å². The Morgan fingerprint density at radius 3 is 2.30 bits per heavy atom. The second kappa shape index (κ2) is 8.94. The molecule has 1 aromatic carbocycles. The largest absolute Gasteiger partial charge is 0.369 e.